The minimum atomic E-state index is -0.489. The standard InChI is InChI=1S/C23H31N5O3/c1-15-24-21(17-7-5-16(6-8-17)19-9-10-20(29)25-19)28(26-15)18-11-13-27(14-12-18)22(30)31-23(2,3)4/h5-8,18-19H,9-14H2,1-4H3,(H,25,29). The van der Waals surface area contributed by atoms with Crippen LogP contribution in [0.4, 0.5) is 4.79 Å². The number of likely N-dealkylation sites (tertiary alicyclic amines) is 1. The number of hydrogen-bond acceptors (Lipinski definition) is 5. The maximum atomic E-state index is 12.4. The van der Waals surface area contributed by atoms with Gasteiger partial charge in [0.1, 0.15) is 11.4 Å². The molecule has 4 rings (SSSR count). The van der Waals surface area contributed by atoms with Crippen LogP contribution in [0.15, 0.2) is 24.3 Å². The molecule has 0 radical (unpaired) electrons. The second kappa shape index (κ2) is 8.32. The van der Waals surface area contributed by atoms with Crippen molar-refractivity contribution < 1.29 is 14.3 Å². The van der Waals surface area contributed by atoms with Gasteiger partial charge in [-0.1, -0.05) is 24.3 Å². The zero-order chi connectivity index (χ0) is 22.2. The number of rotatable bonds is 3. The van der Waals surface area contributed by atoms with Crippen molar-refractivity contribution in [1.29, 1.82) is 0 Å². The molecule has 2 saturated heterocycles. The minimum absolute atomic E-state index is 0.0957. The molecular weight excluding hydrogens is 394 g/mol. The van der Waals surface area contributed by atoms with Gasteiger partial charge >= 0.3 is 6.09 Å². The lowest BCUT2D eigenvalue weighted by Gasteiger charge is -2.33. The first-order valence-electron chi connectivity index (χ1n) is 11.0. The lowest BCUT2D eigenvalue weighted by molar-refractivity contribution is -0.119. The van der Waals surface area contributed by atoms with E-state index in [1.165, 1.54) is 0 Å². The summed E-state index contributed by atoms with van der Waals surface area (Å²) in [4.78, 5) is 30.3. The summed E-state index contributed by atoms with van der Waals surface area (Å²) >= 11 is 0. The van der Waals surface area contributed by atoms with Gasteiger partial charge in [-0.25, -0.2) is 14.5 Å². The molecule has 0 spiro atoms. The van der Waals surface area contributed by atoms with Crippen molar-refractivity contribution in [3.05, 3.63) is 35.7 Å². The van der Waals surface area contributed by atoms with Crippen LogP contribution in [-0.2, 0) is 9.53 Å². The zero-order valence-corrected chi connectivity index (χ0v) is 18.7. The Morgan fingerprint density at radius 2 is 1.81 bits per heavy atom. The van der Waals surface area contributed by atoms with Crippen molar-refractivity contribution in [2.45, 2.75) is 71.1 Å². The van der Waals surface area contributed by atoms with Crippen LogP contribution in [0.25, 0.3) is 11.4 Å². The monoisotopic (exact) mass is 425 g/mol. The van der Waals surface area contributed by atoms with Gasteiger partial charge in [-0.2, -0.15) is 5.10 Å². The fraction of sp³-hybridized carbons (Fsp3) is 0.565. The van der Waals surface area contributed by atoms with Gasteiger partial charge in [0.05, 0.1) is 12.1 Å². The Morgan fingerprint density at radius 3 is 2.39 bits per heavy atom. The summed E-state index contributed by atoms with van der Waals surface area (Å²) in [7, 11) is 0. The minimum Gasteiger partial charge on any atom is -0.444 e. The summed E-state index contributed by atoms with van der Waals surface area (Å²) in [5, 5.41) is 7.67. The van der Waals surface area contributed by atoms with Crippen molar-refractivity contribution in [3.8, 4) is 11.4 Å². The van der Waals surface area contributed by atoms with E-state index in [0.717, 1.165) is 42.0 Å². The summed E-state index contributed by atoms with van der Waals surface area (Å²) in [6, 6.07) is 8.50. The fourth-order valence-electron chi connectivity index (χ4n) is 4.23. The highest BCUT2D eigenvalue weighted by Crippen LogP contribution is 2.30. The van der Waals surface area contributed by atoms with Gasteiger partial charge in [0.25, 0.3) is 0 Å². The highest BCUT2D eigenvalue weighted by molar-refractivity contribution is 5.78. The molecule has 0 bridgehead atoms. The van der Waals surface area contributed by atoms with Crippen LogP contribution in [0, 0.1) is 6.92 Å². The predicted octanol–water partition coefficient (Wildman–Crippen LogP) is 3.78. The summed E-state index contributed by atoms with van der Waals surface area (Å²) in [5.41, 5.74) is 1.63. The first-order valence-corrected chi connectivity index (χ1v) is 11.0. The zero-order valence-electron chi connectivity index (χ0n) is 18.7. The number of carbonyl (C=O) groups excluding carboxylic acids is 2. The highest BCUT2D eigenvalue weighted by atomic mass is 16.6. The molecule has 1 N–H and O–H groups in total. The van der Waals surface area contributed by atoms with Gasteiger partial charge in [0.2, 0.25) is 5.91 Å². The van der Waals surface area contributed by atoms with Crippen molar-refractivity contribution in [2.75, 3.05) is 13.1 Å². The third kappa shape index (κ3) is 4.89. The topological polar surface area (TPSA) is 89.4 Å². The predicted molar refractivity (Wildman–Crippen MR) is 116 cm³/mol. The Bertz CT molecular complexity index is 953. The van der Waals surface area contributed by atoms with Crippen LogP contribution >= 0.6 is 0 Å². The van der Waals surface area contributed by atoms with E-state index < -0.39 is 5.60 Å². The number of ether oxygens (including phenoxy) is 1. The number of piperidine rings is 1. The average Bonchev–Trinajstić information content (AvgIpc) is 3.33. The van der Waals surface area contributed by atoms with Crippen LogP contribution in [0.3, 0.4) is 0 Å². The number of nitrogens with zero attached hydrogens (tertiary/aromatic N) is 4. The molecule has 166 valence electrons. The van der Waals surface area contributed by atoms with Gasteiger partial charge in [-0.15, -0.1) is 0 Å². The molecule has 8 nitrogen and oxygen atoms in total. The Morgan fingerprint density at radius 1 is 1.13 bits per heavy atom. The molecule has 1 unspecified atom stereocenters. The van der Waals surface area contributed by atoms with Crippen LogP contribution in [0.1, 0.15) is 69.9 Å². The molecule has 31 heavy (non-hydrogen) atoms. The summed E-state index contributed by atoms with van der Waals surface area (Å²) in [6.45, 7) is 8.82. The maximum absolute atomic E-state index is 12.4. The Kier molecular flexibility index (Phi) is 5.73. The molecule has 8 heteroatoms. The van der Waals surface area contributed by atoms with Gasteiger partial charge in [0, 0.05) is 25.1 Å². The van der Waals surface area contributed by atoms with Crippen molar-refractivity contribution in [2.24, 2.45) is 0 Å². The first-order chi connectivity index (χ1) is 14.7. The number of hydrogen-bond donors (Lipinski definition) is 1. The van der Waals surface area contributed by atoms with Crippen molar-refractivity contribution in [3.63, 3.8) is 0 Å². The van der Waals surface area contributed by atoms with Crippen molar-refractivity contribution >= 4 is 12.0 Å². The molecule has 1 aromatic carbocycles. The maximum Gasteiger partial charge on any atom is 0.410 e. The molecule has 3 heterocycles. The molecule has 2 fully saturated rings. The van der Waals surface area contributed by atoms with Gasteiger partial charge in [-0.3, -0.25) is 4.79 Å². The molecule has 2 aliphatic heterocycles. The van der Waals surface area contributed by atoms with Crippen LogP contribution in [0.2, 0.25) is 0 Å². The van der Waals surface area contributed by atoms with E-state index in [2.05, 4.69) is 39.7 Å². The Hall–Kier alpha value is -2.90. The van der Waals surface area contributed by atoms with Gasteiger partial charge in [0.15, 0.2) is 5.82 Å². The molecule has 0 saturated carbocycles. The summed E-state index contributed by atoms with van der Waals surface area (Å²) in [5.74, 6) is 1.69. The van der Waals surface area contributed by atoms with Crippen molar-refractivity contribution in [1.82, 2.24) is 25.0 Å². The normalized spacial score (nSPS) is 20.1. The SMILES string of the molecule is Cc1nc(-c2ccc(C3CCC(=O)N3)cc2)n(C2CCN(C(=O)OC(C)(C)C)CC2)n1. The molecule has 0 aliphatic carbocycles. The van der Waals surface area contributed by atoms with E-state index in [9.17, 15) is 9.59 Å². The third-order valence-corrected chi connectivity index (χ3v) is 5.77. The number of carbonyl (C=O) groups is 2. The lowest BCUT2D eigenvalue weighted by Crippen LogP contribution is -2.42. The van der Waals surface area contributed by atoms with E-state index in [0.29, 0.717) is 19.5 Å². The van der Waals surface area contributed by atoms with E-state index in [1.807, 2.05) is 32.4 Å². The smallest absolute Gasteiger partial charge is 0.410 e. The van der Waals surface area contributed by atoms with Gasteiger partial charge in [-0.05, 0) is 52.5 Å². The van der Waals surface area contributed by atoms with Gasteiger partial charge < -0.3 is 15.0 Å². The summed E-state index contributed by atoms with van der Waals surface area (Å²) in [6.07, 6.45) is 2.78. The fourth-order valence-corrected chi connectivity index (χ4v) is 4.23. The molecule has 2 aliphatic rings. The van der Waals surface area contributed by atoms with E-state index >= 15 is 0 Å². The largest absolute Gasteiger partial charge is 0.444 e. The average molecular weight is 426 g/mol. The number of aryl methyl sites for hydroxylation is 1. The summed E-state index contributed by atoms with van der Waals surface area (Å²) < 4.78 is 7.51. The van der Waals surface area contributed by atoms with Crippen LogP contribution < -0.4 is 5.32 Å². The molecular formula is C23H31N5O3. The van der Waals surface area contributed by atoms with E-state index in [4.69, 9.17) is 4.74 Å². The number of benzene rings is 1. The lowest BCUT2D eigenvalue weighted by atomic mass is 10.0. The van der Waals surface area contributed by atoms with E-state index in [1.54, 1.807) is 4.90 Å². The van der Waals surface area contributed by atoms with Crippen LogP contribution in [-0.4, -0.2) is 50.4 Å². The third-order valence-electron chi connectivity index (χ3n) is 5.77. The first kappa shape index (κ1) is 21.3. The quantitative estimate of drug-likeness (QED) is 0.808. The molecule has 1 atom stereocenters. The second-order valence-corrected chi connectivity index (χ2v) is 9.41. The second-order valence-electron chi connectivity index (χ2n) is 9.41. The van der Waals surface area contributed by atoms with Crippen LogP contribution in [0.5, 0.6) is 0 Å². The Balaban J connectivity index is 1.46. The highest BCUT2D eigenvalue weighted by Gasteiger charge is 2.29. The molecule has 2 aromatic rings. The number of nitrogens with one attached hydrogen (secondary N) is 1. The van der Waals surface area contributed by atoms with E-state index in [-0.39, 0.29) is 24.1 Å². The molecule has 1 aromatic heterocycles. The Labute approximate surface area is 183 Å². The number of amides is 2. The number of aromatic nitrogens is 3. The molecule has 2 amide bonds.